The zero-order chi connectivity index (χ0) is 50.4. The number of nitrogens with one attached hydrogen (secondary N) is 3. The molecule has 1 spiro atoms. The number of aliphatic hydroxyl groups is 2. The molecule has 3 aliphatic rings. The minimum atomic E-state index is -2.22. The van der Waals surface area contributed by atoms with Crippen LogP contribution in [-0.4, -0.2) is 96.4 Å². The van der Waals surface area contributed by atoms with E-state index in [9.17, 15) is 19.8 Å². The van der Waals surface area contributed by atoms with Gasteiger partial charge in [0.1, 0.15) is 36.0 Å². The maximum Gasteiger partial charge on any atom is 0.329 e. The number of anilines is 1. The summed E-state index contributed by atoms with van der Waals surface area (Å²) >= 11 is 0. The molecule has 2 saturated heterocycles. The summed E-state index contributed by atoms with van der Waals surface area (Å²) in [6.45, 7) is 2.63. The zero-order valence-corrected chi connectivity index (χ0v) is 39.2. The molecule has 0 bridgehead atoms. The Kier molecular flexibility index (Phi) is 14.8. The van der Waals surface area contributed by atoms with Crippen molar-refractivity contribution in [2.75, 3.05) is 38.3 Å². The molecule has 7 N–H and O–H groups in total. The molecule has 2 fully saturated rings. The Balaban J connectivity index is 1.43. The third-order valence-corrected chi connectivity index (χ3v) is 13.1. The van der Waals surface area contributed by atoms with Crippen molar-refractivity contribution >= 4 is 41.5 Å². The van der Waals surface area contributed by atoms with Crippen LogP contribution in [-0.2, 0) is 34.1 Å². The molecule has 3 heterocycles. The molecule has 17 heteroatoms. The molecule has 5 aromatic rings. The van der Waals surface area contributed by atoms with E-state index in [1.54, 1.807) is 80.6 Å². The van der Waals surface area contributed by atoms with E-state index >= 15 is 19.2 Å². The van der Waals surface area contributed by atoms with E-state index < -0.39 is 89.4 Å². The number of amides is 6. The van der Waals surface area contributed by atoms with Gasteiger partial charge >= 0.3 is 24.0 Å². The number of aliphatic hydroxyl groups excluding tert-OH is 2. The quantitative estimate of drug-likeness (QED) is 0.0667. The number of esters is 2. The van der Waals surface area contributed by atoms with Crippen LogP contribution < -0.4 is 31.3 Å². The molecule has 0 radical (unpaired) electrons. The number of hydrogen-bond donors (Lipinski definition) is 6. The van der Waals surface area contributed by atoms with Crippen LogP contribution in [0.1, 0.15) is 71.5 Å². The Labute approximate surface area is 410 Å². The smallest absolute Gasteiger partial charge is 0.329 e. The maximum atomic E-state index is 16.6. The van der Waals surface area contributed by atoms with Gasteiger partial charge < -0.3 is 46.1 Å². The number of fused-ring (bicyclic) bond motifs is 3. The summed E-state index contributed by atoms with van der Waals surface area (Å²) in [4.78, 5) is 90.2. The number of carbonyl (C=O) groups excluding carboxylic acids is 6. The highest BCUT2D eigenvalue weighted by Crippen LogP contribution is 2.66. The van der Waals surface area contributed by atoms with E-state index in [0.29, 0.717) is 33.6 Å². The van der Waals surface area contributed by atoms with Crippen LogP contribution in [0.4, 0.5) is 15.3 Å². The lowest BCUT2D eigenvalue weighted by Gasteiger charge is -2.46. The summed E-state index contributed by atoms with van der Waals surface area (Å²) < 4.78 is 17.4. The third-order valence-electron chi connectivity index (χ3n) is 13.1. The third kappa shape index (κ3) is 9.52. The van der Waals surface area contributed by atoms with Crippen molar-refractivity contribution in [1.82, 2.24) is 20.9 Å². The van der Waals surface area contributed by atoms with Gasteiger partial charge in [-0.25, -0.2) is 19.3 Å². The second-order valence-corrected chi connectivity index (χ2v) is 17.7. The van der Waals surface area contributed by atoms with Crippen molar-refractivity contribution in [3.63, 3.8) is 0 Å². The number of cyclic esters (lactones) is 1. The minimum absolute atomic E-state index is 0.0175. The largest absolute Gasteiger partial charge is 0.491 e. The number of primary amides is 1. The molecular formula is C54H54N6O11. The highest BCUT2D eigenvalue weighted by molar-refractivity contribution is 6.25. The fraction of sp³-hybridized carbons (Fsp3) is 0.296. The first-order chi connectivity index (χ1) is 34.3. The molecule has 0 aliphatic carbocycles. The van der Waals surface area contributed by atoms with E-state index in [0.717, 1.165) is 4.90 Å². The summed E-state index contributed by atoms with van der Waals surface area (Å²) in [7, 11) is 1.18. The summed E-state index contributed by atoms with van der Waals surface area (Å²) in [5.41, 5.74) is 5.77. The van der Waals surface area contributed by atoms with Gasteiger partial charge in [0.25, 0.3) is 0 Å². The normalized spacial score (nSPS) is 22.0. The van der Waals surface area contributed by atoms with Crippen molar-refractivity contribution in [3.8, 4) is 17.6 Å². The monoisotopic (exact) mass is 962 g/mol. The van der Waals surface area contributed by atoms with Gasteiger partial charge in [-0.1, -0.05) is 129 Å². The molecule has 366 valence electrons. The number of methoxy groups -OCH3 is 1. The highest BCUT2D eigenvalue weighted by atomic mass is 16.6. The van der Waals surface area contributed by atoms with Gasteiger partial charge in [0, 0.05) is 12.1 Å². The highest BCUT2D eigenvalue weighted by Gasteiger charge is 2.75. The molecule has 8 atom stereocenters. The molecule has 0 aromatic heterocycles. The first-order valence-electron chi connectivity index (χ1n) is 23.1. The van der Waals surface area contributed by atoms with Gasteiger partial charge in [-0.05, 0) is 64.1 Å². The number of hydrogen-bond acceptors (Lipinski definition) is 12. The van der Waals surface area contributed by atoms with E-state index in [2.05, 4.69) is 27.8 Å². The number of nitrogens with zero attached hydrogens (tertiary/aromatic N) is 2. The van der Waals surface area contributed by atoms with Crippen LogP contribution in [0.5, 0.6) is 5.75 Å². The Hall–Kier alpha value is -8.04. The number of ether oxygens (including phenoxy) is 3. The first-order valence-corrected chi connectivity index (χ1v) is 23.1. The number of rotatable bonds is 14. The van der Waals surface area contributed by atoms with Gasteiger partial charge in [0.15, 0.2) is 0 Å². The lowest BCUT2D eigenvalue weighted by molar-refractivity contribution is -0.178. The summed E-state index contributed by atoms with van der Waals surface area (Å²) in [5, 5.41) is 29.1. The molecule has 0 saturated carbocycles. The number of benzene rings is 5. The van der Waals surface area contributed by atoms with Gasteiger partial charge in [-0.15, -0.1) is 0 Å². The van der Waals surface area contributed by atoms with E-state index in [1.807, 2.05) is 65.6 Å². The topological polar surface area (TPSA) is 239 Å². The van der Waals surface area contributed by atoms with Gasteiger partial charge in [0.05, 0.1) is 50.1 Å². The molecule has 8 unspecified atom stereocenters. The predicted molar refractivity (Wildman–Crippen MR) is 259 cm³/mol. The Morgan fingerprint density at radius 2 is 1.48 bits per heavy atom. The van der Waals surface area contributed by atoms with Gasteiger partial charge in [0.2, 0.25) is 11.8 Å². The van der Waals surface area contributed by atoms with E-state index in [-0.39, 0.29) is 37.6 Å². The molecule has 17 nitrogen and oxygen atoms in total. The van der Waals surface area contributed by atoms with Crippen LogP contribution in [0.3, 0.4) is 0 Å². The summed E-state index contributed by atoms with van der Waals surface area (Å²) in [5.74, 6) is 0.668. The average molecular weight is 963 g/mol. The maximum absolute atomic E-state index is 16.6. The predicted octanol–water partition coefficient (Wildman–Crippen LogP) is 4.50. The molecule has 3 aliphatic heterocycles. The van der Waals surface area contributed by atoms with Crippen molar-refractivity contribution in [2.24, 2.45) is 17.6 Å². The fourth-order valence-electron chi connectivity index (χ4n) is 10.1. The van der Waals surface area contributed by atoms with Crippen molar-refractivity contribution in [1.29, 1.82) is 0 Å². The molecule has 8 rings (SSSR count). The minimum Gasteiger partial charge on any atom is -0.491 e. The standard InChI is InChI=1S/C54H54N6O11/c1-32(2)43(49(64)69-3)58-53(68)59-40-26-21-33(14-13-27-56-52(55)67)30-39(40)54(51(59)66)42(48(63)57-31-41(62)34-15-7-4-8-16-34)45-50(65)71-46(36-19-11-6-12-20-36)44(35-17-9-5-10-18-35)60(45)47(54)37-22-24-38(25-23-37)70-29-28-61/h4-12,15-26,30,32,41-47,61-62H,27-29,31H2,1-3H3,(H,57,63)(H,58,68)(H3,55,56,67). The average Bonchev–Trinajstić information content (AvgIpc) is 3.84. The SMILES string of the molecule is COC(=O)C(NC(=O)N1C(=O)C2(c3cc(C#CCNC(N)=O)ccc31)C(C(=O)NCC(O)c1ccccc1)C1C(=O)OC(c3ccccc3)C(c3ccccc3)N1C2c1ccc(OCCO)cc1)C(C)C. The Morgan fingerprint density at radius 1 is 0.831 bits per heavy atom. The Morgan fingerprint density at radius 3 is 2.10 bits per heavy atom. The molecular weight excluding hydrogens is 909 g/mol. The van der Waals surface area contributed by atoms with Crippen molar-refractivity contribution in [2.45, 2.75) is 55.6 Å². The van der Waals surface area contributed by atoms with Crippen LogP contribution in [0.15, 0.2) is 133 Å². The summed E-state index contributed by atoms with van der Waals surface area (Å²) in [6, 6.07) is 31.6. The molecule has 6 amide bonds. The van der Waals surface area contributed by atoms with Crippen molar-refractivity contribution < 1.29 is 53.2 Å². The number of carbonyl (C=O) groups is 6. The lowest BCUT2D eigenvalue weighted by Crippen LogP contribution is -2.58. The van der Waals surface area contributed by atoms with E-state index in [4.69, 9.17) is 19.9 Å². The van der Waals surface area contributed by atoms with E-state index in [1.165, 1.54) is 13.2 Å². The number of nitrogens with two attached hydrogens (primary N) is 1. The second kappa shape index (κ2) is 21.3. The Bertz CT molecular complexity index is 2840. The molecule has 71 heavy (non-hydrogen) atoms. The lowest BCUT2D eigenvalue weighted by atomic mass is 9.65. The van der Waals surface area contributed by atoms with Crippen LogP contribution in [0.25, 0.3) is 0 Å². The summed E-state index contributed by atoms with van der Waals surface area (Å²) in [6.07, 6.45) is -2.22. The fourth-order valence-corrected chi connectivity index (χ4v) is 10.1. The number of imide groups is 1. The number of morpholine rings is 1. The molecule has 5 aromatic carbocycles. The first kappa shape index (κ1) is 49.4. The zero-order valence-electron chi connectivity index (χ0n) is 39.2. The van der Waals surface area contributed by atoms with Crippen molar-refractivity contribution in [3.05, 3.63) is 167 Å². The van der Waals surface area contributed by atoms with Crippen LogP contribution in [0, 0.1) is 23.7 Å². The second-order valence-electron chi connectivity index (χ2n) is 17.7. The van der Waals surface area contributed by atoms with Crippen LogP contribution >= 0.6 is 0 Å². The number of urea groups is 2. The van der Waals surface area contributed by atoms with Crippen LogP contribution in [0.2, 0.25) is 0 Å². The van der Waals surface area contributed by atoms with Gasteiger partial charge in [-0.3, -0.25) is 19.3 Å². The van der Waals surface area contributed by atoms with Gasteiger partial charge in [-0.2, -0.15) is 0 Å².